The van der Waals surface area contributed by atoms with Crippen molar-refractivity contribution in [2.24, 2.45) is 0 Å². The Labute approximate surface area is 120 Å². The van der Waals surface area contributed by atoms with Gasteiger partial charge in [-0.15, -0.1) is 0 Å². The second kappa shape index (κ2) is 7.73. The summed E-state index contributed by atoms with van der Waals surface area (Å²) in [5, 5.41) is 13.6. The molecule has 106 valence electrons. The smallest absolute Gasteiger partial charge is 0.138 e. The second-order valence-electron chi connectivity index (χ2n) is 5.18. The van der Waals surface area contributed by atoms with Crippen LogP contribution in [-0.4, -0.2) is 36.2 Å². The van der Waals surface area contributed by atoms with Crippen molar-refractivity contribution < 1.29 is 5.11 Å². The number of phenolic OH excluding ortho intramolecular Hbond substituents is 1. The highest BCUT2D eigenvalue weighted by Crippen LogP contribution is 2.26. The summed E-state index contributed by atoms with van der Waals surface area (Å²) in [6.07, 6.45) is 5.41. The van der Waals surface area contributed by atoms with Crippen molar-refractivity contribution in [1.29, 1.82) is 0 Å². The number of likely N-dealkylation sites (tertiary alicyclic amines) is 1. The Morgan fingerprint density at radius 2 is 1.89 bits per heavy atom. The molecule has 0 atom stereocenters. The monoisotopic (exact) mass is 282 g/mol. The minimum absolute atomic E-state index is 0.200. The lowest BCUT2D eigenvalue weighted by Gasteiger charge is -2.19. The highest BCUT2D eigenvalue weighted by Gasteiger charge is 2.08. The van der Waals surface area contributed by atoms with Crippen LogP contribution in [0.15, 0.2) is 18.2 Å². The van der Waals surface area contributed by atoms with Crippen LogP contribution in [0.25, 0.3) is 0 Å². The molecule has 0 unspecified atom stereocenters. The Hall–Kier alpha value is -0.770. The van der Waals surface area contributed by atoms with E-state index < -0.39 is 0 Å². The number of rotatable bonds is 5. The third kappa shape index (κ3) is 4.68. The van der Waals surface area contributed by atoms with E-state index in [2.05, 4.69) is 10.2 Å². The first kappa shape index (κ1) is 14.6. The van der Waals surface area contributed by atoms with E-state index in [-0.39, 0.29) is 5.75 Å². The molecule has 0 saturated carbocycles. The van der Waals surface area contributed by atoms with E-state index in [0.717, 1.165) is 18.7 Å². The SMILES string of the molecule is Oc1c(Cl)cccc1CNCCN1CCCCCC1. The maximum absolute atomic E-state index is 9.80. The molecule has 19 heavy (non-hydrogen) atoms. The molecule has 2 N–H and O–H groups in total. The minimum Gasteiger partial charge on any atom is -0.506 e. The quantitative estimate of drug-likeness (QED) is 0.815. The molecule has 0 amide bonds. The van der Waals surface area contributed by atoms with Gasteiger partial charge in [0.2, 0.25) is 0 Å². The zero-order valence-electron chi connectivity index (χ0n) is 11.4. The van der Waals surface area contributed by atoms with Gasteiger partial charge in [-0.2, -0.15) is 0 Å². The fourth-order valence-electron chi connectivity index (χ4n) is 2.52. The lowest BCUT2D eigenvalue weighted by atomic mass is 10.2. The molecule has 2 rings (SSSR count). The standard InChI is InChI=1S/C15H23ClN2O/c16-14-7-5-6-13(15(14)19)12-17-8-11-18-9-3-1-2-4-10-18/h5-7,17,19H,1-4,8-12H2. The number of nitrogens with one attached hydrogen (secondary N) is 1. The van der Waals surface area contributed by atoms with Gasteiger partial charge in [0.05, 0.1) is 5.02 Å². The van der Waals surface area contributed by atoms with E-state index in [1.54, 1.807) is 6.07 Å². The summed E-state index contributed by atoms with van der Waals surface area (Å²) in [7, 11) is 0. The van der Waals surface area contributed by atoms with E-state index in [9.17, 15) is 5.11 Å². The van der Waals surface area contributed by atoms with E-state index in [4.69, 9.17) is 11.6 Å². The van der Waals surface area contributed by atoms with Gasteiger partial charge in [0.25, 0.3) is 0 Å². The van der Waals surface area contributed by atoms with E-state index in [1.807, 2.05) is 12.1 Å². The molecule has 1 aromatic carbocycles. The molecule has 1 aliphatic heterocycles. The molecule has 0 spiro atoms. The topological polar surface area (TPSA) is 35.5 Å². The van der Waals surface area contributed by atoms with Crippen molar-refractivity contribution in [3.05, 3.63) is 28.8 Å². The zero-order chi connectivity index (χ0) is 13.5. The maximum Gasteiger partial charge on any atom is 0.138 e. The molecule has 0 aliphatic carbocycles. The molecule has 0 bridgehead atoms. The Kier molecular flexibility index (Phi) is 5.95. The normalized spacial score (nSPS) is 17.3. The van der Waals surface area contributed by atoms with Crippen molar-refractivity contribution in [1.82, 2.24) is 10.2 Å². The average molecular weight is 283 g/mol. The Bertz CT molecular complexity index is 390. The highest BCUT2D eigenvalue weighted by molar-refractivity contribution is 6.32. The molecule has 3 nitrogen and oxygen atoms in total. The van der Waals surface area contributed by atoms with E-state index in [1.165, 1.54) is 38.8 Å². The summed E-state index contributed by atoms with van der Waals surface area (Å²) in [6, 6.07) is 5.48. The first-order chi connectivity index (χ1) is 9.27. The van der Waals surface area contributed by atoms with Crippen LogP contribution in [0.2, 0.25) is 5.02 Å². The number of hydrogen-bond acceptors (Lipinski definition) is 3. The molecule has 1 aliphatic rings. The summed E-state index contributed by atoms with van der Waals surface area (Å²) in [4.78, 5) is 2.53. The highest BCUT2D eigenvalue weighted by atomic mass is 35.5. The van der Waals surface area contributed by atoms with Crippen LogP contribution in [0, 0.1) is 0 Å². The van der Waals surface area contributed by atoms with Crippen LogP contribution in [0.3, 0.4) is 0 Å². The summed E-state index contributed by atoms with van der Waals surface area (Å²) in [5.74, 6) is 0.200. The van der Waals surface area contributed by atoms with Crippen LogP contribution in [0.4, 0.5) is 0 Å². The van der Waals surface area contributed by atoms with Gasteiger partial charge in [-0.1, -0.05) is 36.6 Å². The van der Waals surface area contributed by atoms with Crippen molar-refractivity contribution in [3.8, 4) is 5.75 Å². The number of benzene rings is 1. The fourth-order valence-corrected chi connectivity index (χ4v) is 2.72. The third-order valence-electron chi connectivity index (χ3n) is 3.69. The van der Waals surface area contributed by atoms with E-state index in [0.29, 0.717) is 11.6 Å². The van der Waals surface area contributed by atoms with Crippen LogP contribution < -0.4 is 5.32 Å². The summed E-state index contributed by atoms with van der Waals surface area (Å²) in [5.41, 5.74) is 0.864. The van der Waals surface area contributed by atoms with Crippen molar-refractivity contribution >= 4 is 11.6 Å². The summed E-state index contributed by atoms with van der Waals surface area (Å²) in [6.45, 7) is 5.15. The summed E-state index contributed by atoms with van der Waals surface area (Å²) >= 11 is 5.88. The van der Waals surface area contributed by atoms with Crippen LogP contribution in [0.1, 0.15) is 31.2 Å². The maximum atomic E-state index is 9.80. The second-order valence-corrected chi connectivity index (χ2v) is 5.59. The lowest BCUT2D eigenvalue weighted by molar-refractivity contribution is 0.284. The van der Waals surface area contributed by atoms with Crippen molar-refractivity contribution in [2.45, 2.75) is 32.2 Å². The predicted octanol–water partition coefficient (Wildman–Crippen LogP) is 3.01. The number of phenols is 1. The Balaban J connectivity index is 1.70. The van der Waals surface area contributed by atoms with Gasteiger partial charge in [-0.25, -0.2) is 0 Å². The van der Waals surface area contributed by atoms with Gasteiger partial charge in [-0.05, 0) is 32.0 Å². The molecular weight excluding hydrogens is 260 g/mol. The number of para-hydroxylation sites is 1. The van der Waals surface area contributed by atoms with Crippen LogP contribution in [-0.2, 0) is 6.54 Å². The van der Waals surface area contributed by atoms with Crippen molar-refractivity contribution in [2.75, 3.05) is 26.2 Å². The summed E-state index contributed by atoms with van der Waals surface area (Å²) < 4.78 is 0. The molecule has 1 heterocycles. The predicted molar refractivity (Wildman–Crippen MR) is 79.7 cm³/mol. The molecule has 1 saturated heterocycles. The average Bonchev–Trinajstić information content (AvgIpc) is 2.68. The van der Waals surface area contributed by atoms with E-state index >= 15 is 0 Å². The molecule has 0 aromatic heterocycles. The largest absolute Gasteiger partial charge is 0.506 e. The third-order valence-corrected chi connectivity index (χ3v) is 3.99. The van der Waals surface area contributed by atoms with Gasteiger partial charge in [0.1, 0.15) is 5.75 Å². The van der Waals surface area contributed by atoms with Crippen LogP contribution >= 0.6 is 11.6 Å². The lowest BCUT2D eigenvalue weighted by Crippen LogP contribution is -2.32. The fraction of sp³-hybridized carbons (Fsp3) is 0.600. The zero-order valence-corrected chi connectivity index (χ0v) is 12.1. The number of hydrogen-bond donors (Lipinski definition) is 2. The van der Waals surface area contributed by atoms with Gasteiger partial charge < -0.3 is 15.3 Å². The first-order valence-corrected chi connectivity index (χ1v) is 7.54. The molecular formula is C15H23ClN2O. The van der Waals surface area contributed by atoms with Crippen LogP contribution in [0.5, 0.6) is 5.75 Å². The number of aromatic hydroxyl groups is 1. The molecule has 1 fully saturated rings. The van der Waals surface area contributed by atoms with Gasteiger partial charge in [-0.3, -0.25) is 0 Å². The van der Waals surface area contributed by atoms with Gasteiger partial charge in [0.15, 0.2) is 0 Å². The number of nitrogens with zero attached hydrogens (tertiary/aromatic N) is 1. The van der Waals surface area contributed by atoms with Crippen molar-refractivity contribution in [3.63, 3.8) is 0 Å². The minimum atomic E-state index is 0.200. The molecule has 1 aromatic rings. The Morgan fingerprint density at radius 1 is 1.16 bits per heavy atom. The molecule has 0 radical (unpaired) electrons. The number of halogens is 1. The Morgan fingerprint density at radius 3 is 2.63 bits per heavy atom. The molecule has 4 heteroatoms. The van der Waals surface area contributed by atoms with Gasteiger partial charge >= 0.3 is 0 Å². The van der Waals surface area contributed by atoms with Gasteiger partial charge in [0, 0.05) is 25.2 Å². The first-order valence-electron chi connectivity index (χ1n) is 7.17.